The maximum atomic E-state index is 12.8. The lowest BCUT2D eigenvalue weighted by molar-refractivity contribution is -0.125. The lowest BCUT2D eigenvalue weighted by Crippen LogP contribution is -2.28. The van der Waals surface area contributed by atoms with Gasteiger partial charge in [0, 0.05) is 30.1 Å². The summed E-state index contributed by atoms with van der Waals surface area (Å²) in [5.74, 6) is -0.333. The first-order chi connectivity index (χ1) is 14.4. The zero-order valence-electron chi connectivity index (χ0n) is 17.2. The first-order valence-electron chi connectivity index (χ1n) is 9.74. The number of nitrogen functional groups attached to an aromatic ring is 1. The van der Waals surface area contributed by atoms with Gasteiger partial charge in [0.25, 0.3) is 0 Å². The molecule has 0 aliphatic carbocycles. The van der Waals surface area contributed by atoms with Gasteiger partial charge in [0.15, 0.2) is 5.76 Å². The van der Waals surface area contributed by atoms with E-state index < -0.39 is 0 Å². The predicted molar refractivity (Wildman–Crippen MR) is 117 cm³/mol. The van der Waals surface area contributed by atoms with Gasteiger partial charge in [0.1, 0.15) is 5.58 Å². The van der Waals surface area contributed by atoms with E-state index in [0.29, 0.717) is 35.2 Å². The van der Waals surface area contributed by atoms with Gasteiger partial charge in [-0.15, -0.1) is 0 Å². The molecule has 0 unspecified atom stereocenters. The summed E-state index contributed by atoms with van der Waals surface area (Å²) < 4.78 is 5.73. The Kier molecular flexibility index (Phi) is 6.03. The van der Waals surface area contributed by atoms with E-state index in [-0.39, 0.29) is 23.1 Å². The number of carbonyl (C=O) groups excluding carboxylic acids is 2. The van der Waals surface area contributed by atoms with Crippen molar-refractivity contribution in [2.45, 2.75) is 20.8 Å². The van der Waals surface area contributed by atoms with Crippen molar-refractivity contribution >= 4 is 33.9 Å². The van der Waals surface area contributed by atoms with Crippen LogP contribution in [0.3, 0.4) is 0 Å². The summed E-state index contributed by atoms with van der Waals surface area (Å²) in [6.07, 6.45) is 1.60. The third kappa shape index (κ3) is 3.96. The lowest BCUT2D eigenvalue weighted by Gasteiger charge is -2.16. The number of likely N-dealkylation sites (N-methyl/N-ethyl adjacent to an activating group) is 1. The molecule has 6 nitrogen and oxygen atoms in total. The van der Waals surface area contributed by atoms with Gasteiger partial charge in [-0.05, 0) is 68.3 Å². The van der Waals surface area contributed by atoms with Crippen LogP contribution in [-0.2, 0) is 4.79 Å². The second-order valence-electron chi connectivity index (χ2n) is 6.91. The molecule has 0 atom stereocenters. The number of furan rings is 1. The molecule has 30 heavy (non-hydrogen) atoms. The third-order valence-electron chi connectivity index (χ3n) is 5.08. The van der Waals surface area contributed by atoms with Crippen molar-refractivity contribution in [3.05, 3.63) is 71.0 Å². The van der Waals surface area contributed by atoms with E-state index in [1.54, 1.807) is 41.3 Å². The number of benzene rings is 2. The number of nitriles is 1. The monoisotopic (exact) mass is 401 g/mol. The van der Waals surface area contributed by atoms with Gasteiger partial charge in [0.2, 0.25) is 11.7 Å². The second kappa shape index (κ2) is 8.66. The Morgan fingerprint density at radius 1 is 1.10 bits per heavy atom. The quantitative estimate of drug-likeness (QED) is 0.488. The zero-order chi connectivity index (χ0) is 21.8. The first kappa shape index (κ1) is 20.9. The van der Waals surface area contributed by atoms with Crippen molar-refractivity contribution in [2.75, 3.05) is 18.8 Å². The van der Waals surface area contributed by atoms with Crippen LogP contribution < -0.4 is 5.73 Å². The molecule has 3 rings (SSSR count). The number of ketones is 1. The minimum absolute atomic E-state index is 0.0468. The van der Waals surface area contributed by atoms with Crippen LogP contribution in [0.1, 0.15) is 48.0 Å². The summed E-state index contributed by atoms with van der Waals surface area (Å²) in [7, 11) is 0. The SMILES string of the molecule is CCN(CC)C(=O)C=C(C)c1ccc2oc(C(=O)c3ccc(C#N)cc3)c(N)c2c1. The topological polar surface area (TPSA) is 100 Å². The molecule has 0 saturated heterocycles. The standard InChI is InChI=1S/C24H23N3O3/c1-4-27(5-2)21(28)12-15(3)18-10-11-20-19(13-18)22(26)24(30-20)23(29)17-8-6-16(14-25)7-9-17/h6-13H,4-5,26H2,1-3H3. The van der Waals surface area contributed by atoms with Crippen molar-refractivity contribution in [3.63, 3.8) is 0 Å². The number of carbonyl (C=O) groups is 2. The Bertz CT molecular complexity index is 1180. The minimum Gasteiger partial charge on any atom is -0.450 e. The van der Waals surface area contributed by atoms with Crippen LogP contribution in [0.2, 0.25) is 0 Å². The molecular formula is C24H23N3O3. The van der Waals surface area contributed by atoms with Crippen LogP contribution in [-0.4, -0.2) is 29.7 Å². The van der Waals surface area contributed by atoms with E-state index in [1.165, 1.54) is 0 Å². The molecule has 0 radical (unpaired) electrons. The Labute approximate surface area is 175 Å². The van der Waals surface area contributed by atoms with Gasteiger partial charge in [-0.3, -0.25) is 9.59 Å². The zero-order valence-corrected chi connectivity index (χ0v) is 17.2. The molecule has 0 fully saturated rings. The van der Waals surface area contributed by atoms with Crippen molar-refractivity contribution in [3.8, 4) is 6.07 Å². The summed E-state index contributed by atoms with van der Waals surface area (Å²) in [6, 6.07) is 13.7. The summed E-state index contributed by atoms with van der Waals surface area (Å²) in [5, 5.41) is 9.52. The molecule has 0 saturated carbocycles. The number of nitrogens with two attached hydrogens (primary N) is 1. The highest BCUT2D eigenvalue weighted by atomic mass is 16.3. The molecular weight excluding hydrogens is 378 g/mol. The number of fused-ring (bicyclic) bond motifs is 1. The van der Waals surface area contributed by atoms with Gasteiger partial charge in [0.05, 0.1) is 17.3 Å². The van der Waals surface area contributed by atoms with Crippen LogP contribution in [0.15, 0.2) is 53.0 Å². The second-order valence-corrected chi connectivity index (χ2v) is 6.91. The number of nitrogens with zero attached hydrogens (tertiary/aromatic N) is 2. The Morgan fingerprint density at radius 2 is 1.73 bits per heavy atom. The van der Waals surface area contributed by atoms with Crippen molar-refractivity contribution < 1.29 is 14.0 Å². The highest BCUT2D eigenvalue weighted by Crippen LogP contribution is 2.32. The summed E-state index contributed by atoms with van der Waals surface area (Å²) in [5.41, 5.74) is 9.47. The molecule has 2 aromatic carbocycles. The highest BCUT2D eigenvalue weighted by molar-refractivity contribution is 6.14. The van der Waals surface area contributed by atoms with Crippen molar-refractivity contribution in [1.82, 2.24) is 4.90 Å². The number of allylic oxidation sites excluding steroid dienone is 1. The smallest absolute Gasteiger partial charge is 0.246 e. The molecule has 1 aromatic heterocycles. The molecule has 6 heteroatoms. The average molecular weight is 401 g/mol. The fourth-order valence-corrected chi connectivity index (χ4v) is 3.25. The molecule has 152 valence electrons. The number of amides is 1. The molecule has 0 bridgehead atoms. The lowest BCUT2D eigenvalue weighted by atomic mass is 10.0. The predicted octanol–water partition coefficient (Wildman–Crippen LogP) is 4.39. The van der Waals surface area contributed by atoms with Crippen LogP contribution in [0.5, 0.6) is 0 Å². The number of hydrogen-bond acceptors (Lipinski definition) is 5. The van der Waals surface area contributed by atoms with E-state index in [9.17, 15) is 9.59 Å². The Balaban J connectivity index is 1.96. The summed E-state index contributed by atoms with van der Waals surface area (Å²) >= 11 is 0. The molecule has 3 aromatic rings. The molecule has 1 heterocycles. The Morgan fingerprint density at radius 3 is 2.33 bits per heavy atom. The van der Waals surface area contributed by atoms with Gasteiger partial charge >= 0.3 is 0 Å². The highest BCUT2D eigenvalue weighted by Gasteiger charge is 2.20. The van der Waals surface area contributed by atoms with E-state index in [0.717, 1.165) is 11.1 Å². The van der Waals surface area contributed by atoms with Gasteiger partial charge in [-0.1, -0.05) is 6.07 Å². The molecule has 1 amide bonds. The fourth-order valence-electron chi connectivity index (χ4n) is 3.25. The van der Waals surface area contributed by atoms with E-state index in [2.05, 4.69) is 0 Å². The van der Waals surface area contributed by atoms with Gasteiger partial charge in [-0.2, -0.15) is 5.26 Å². The number of rotatable bonds is 6. The van der Waals surface area contributed by atoms with Crippen LogP contribution in [0.4, 0.5) is 5.69 Å². The average Bonchev–Trinajstić information content (AvgIpc) is 3.10. The molecule has 2 N–H and O–H groups in total. The molecule has 0 aliphatic heterocycles. The third-order valence-corrected chi connectivity index (χ3v) is 5.08. The minimum atomic E-state index is -0.348. The number of hydrogen-bond donors (Lipinski definition) is 1. The van der Waals surface area contributed by atoms with E-state index in [4.69, 9.17) is 15.4 Å². The molecule has 0 aliphatic rings. The Hall–Kier alpha value is -3.85. The maximum Gasteiger partial charge on any atom is 0.246 e. The van der Waals surface area contributed by atoms with Gasteiger partial charge < -0.3 is 15.1 Å². The maximum absolute atomic E-state index is 12.8. The largest absolute Gasteiger partial charge is 0.450 e. The van der Waals surface area contributed by atoms with Crippen molar-refractivity contribution in [2.24, 2.45) is 0 Å². The molecule has 0 spiro atoms. The van der Waals surface area contributed by atoms with E-state index >= 15 is 0 Å². The van der Waals surface area contributed by atoms with Crippen LogP contribution in [0, 0.1) is 11.3 Å². The summed E-state index contributed by atoms with van der Waals surface area (Å²) in [6.45, 7) is 7.04. The van der Waals surface area contributed by atoms with E-state index in [1.807, 2.05) is 39.0 Å². The first-order valence-corrected chi connectivity index (χ1v) is 9.74. The number of anilines is 1. The van der Waals surface area contributed by atoms with Crippen LogP contribution >= 0.6 is 0 Å². The summed E-state index contributed by atoms with van der Waals surface area (Å²) in [4.78, 5) is 26.9. The van der Waals surface area contributed by atoms with Crippen LogP contribution in [0.25, 0.3) is 16.5 Å². The normalized spacial score (nSPS) is 11.3. The van der Waals surface area contributed by atoms with Gasteiger partial charge in [-0.25, -0.2) is 0 Å². The van der Waals surface area contributed by atoms with Crippen molar-refractivity contribution in [1.29, 1.82) is 5.26 Å². The fraction of sp³-hybridized carbons (Fsp3) is 0.208.